The van der Waals surface area contributed by atoms with Gasteiger partial charge in [0.2, 0.25) is 0 Å². The highest BCUT2D eigenvalue weighted by molar-refractivity contribution is 7.91. The number of carbonyl (C=O) groups excluding carboxylic acids is 1. The van der Waals surface area contributed by atoms with Gasteiger partial charge < -0.3 is 10.4 Å². The Morgan fingerprint density at radius 3 is 2.50 bits per heavy atom. The Kier molecular flexibility index (Phi) is 6.52. The molecule has 0 saturated heterocycles. The molecule has 0 radical (unpaired) electrons. The molecule has 1 amide bonds. The van der Waals surface area contributed by atoms with Gasteiger partial charge in [-0.05, 0) is 42.7 Å². The maximum Gasteiger partial charge on any atom is 0.303 e. The Hall–Kier alpha value is -2.67. The second-order valence-electron chi connectivity index (χ2n) is 5.86. The lowest BCUT2D eigenvalue weighted by Crippen LogP contribution is -2.17. The van der Waals surface area contributed by atoms with Gasteiger partial charge in [-0.3, -0.25) is 9.59 Å². The predicted octanol–water partition coefficient (Wildman–Crippen LogP) is 3.14. The number of benzene rings is 2. The number of carboxylic acid groups (broad SMARTS) is 1. The van der Waals surface area contributed by atoms with Gasteiger partial charge in [0.15, 0.2) is 9.84 Å². The third-order valence-electron chi connectivity index (χ3n) is 3.75. The predicted molar refractivity (Wildman–Crippen MR) is 99.1 cm³/mol. The Labute approximate surface area is 152 Å². The molecule has 0 unspecified atom stereocenters. The maximum atomic E-state index is 12.6. The highest BCUT2D eigenvalue weighted by Gasteiger charge is 2.21. The van der Waals surface area contributed by atoms with E-state index in [9.17, 15) is 18.0 Å². The summed E-state index contributed by atoms with van der Waals surface area (Å²) in [5, 5.41) is 11.5. The molecule has 0 aliphatic heterocycles. The summed E-state index contributed by atoms with van der Waals surface area (Å²) in [4.78, 5) is 23.3. The number of aliphatic carboxylic acids is 1. The fourth-order valence-corrected chi connectivity index (χ4v) is 4.10. The summed E-state index contributed by atoms with van der Waals surface area (Å²) >= 11 is 0. The van der Waals surface area contributed by atoms with Gasteiger partial charge in [-0.2, -0.15) is 0 Å². The number of aryl methyl sites for hydroxylation is 1. The van der Waals surface area contributed by atoms with Crippen molar-refractivity contribution >= 4 is 27.4 Å². The lowest BCUT2D eigenvalue weighted by Gasteiger charge is -2.11. The van der Waals surface area contributed by atoms with Crippen molar-refractivity contribution in [3.05, 3.63) is 59.7 Å². The van der Waals surface area contributed by atoms with Crippen LogP contribution in [-0.4, -0.2) is 31.2 Å². The lowest BCUT2D eigenvalue weighted by molar-refractivity contribution is -0.136. The summed E-state index contributed by atoms with van der Waals surface area (Å²) in [6, 6.07) is 13.0. The van der Waals surface area contributed by atoms with Crippen molar-refractivity contribution in [2.75, 3.05) is 11.1 Å². The number of hydrogen-bond acceptors (Lipinski definition) is 4. The van der Waals surface area contributed by atoms with Crippen LogP contribution in [0.15, 0.2) is 53.4 Å². The first-order valence-corrected chi connectivity index (χ1v) is 9.92. The van der Waals surface area contributed by atoms with Crippen LogP contribution in [0, 0.1) is 0 Å². The molecule has 0 heterocycles. The molecule has 0 aliphatic carbocycles. The first-order chi connectivity index (χ1) is 12.3. The number of amides is 1. The molecule has 2 N–H and O–H groups in total. The van der Waals surface area contributed by atoms with Crippen LogP contribution in [0.5, 0.6) is 0 Å². The van der Waals surface area contributed by atoms with Crippen LogP contribution < -0.4 is 5.32 Å². The average Bonchev–Trinajstić information content (AvgIpc) is 2.60. The molecule has 7 heteroatoms. The largest absolute Gasteiger partial charge is 0.481 e. The van der Waals surface area contributed by atoms with E-state index in [1.165, 1.54) is 12.1 Å². The van der Waals surface area contributed by atoms with E-state index < -0.39 is 21.7 Å². The monoisotopic (exact) mass is 375 g/mol. The van der Waals surface area contributed by atoms with Gasteiger partial charge in [0.1, 0.15) is 0 Å². The van der Waals surface area contributed by atoms with Crippen LogP contribution in [0.3, 0.4) is 0 Å². The SMILES string of the molecule is CCCS(=O)(=O)c1ccccc1C(=O)Nc1cccc(CCC(=O)O)c1. The molecule has 138 valence electrons. The third kappa shape index (κ3) is 5.16. The van der Waals surface area contributed by atoms with Crippen molar-refractivity contribution < 1.29 is 23.1 Å². The average molecular weight is 375 g/mol. The zero-order chi connectivity index (χ0) is 19.2. The van der Waals surface area contributed by atoms with Crippen LogP contribution >= 0.6 is 0 Å². The quantitative estimate of drug-likeness (QED) is 0.738. The summed E-state index contributed by atoms with van der Waals surface area (Å²) in [6.07, 6.45) is 0.805. The second kappa shape index (κ2) is 8.62. The smallest absolute Gasteiger partial charge is 0.303 e. The minimum Gasteiger partial charge on any atom is -0.481 e. The van der Waals surface area contributed by atoms with E-state index in [1.807, 2.05) is 0 Å². The normalized spacial score (nSPS) is 11.1. The molecule has 0 bridgehead atoms. The molecule has 0 aromatic heterocycles. The zero-order valence-corrected chi connectivity index (χ0v) is 15.3. The lowest BCUT2D eigenvalue weighted by atomic mass is 10.1. The Bertz CT molecular complexity index is 906. The van der Waals surface area contributed by atoms with Gasteiger partial charge in [-0.25, -0.2) is 8.42 Å². The van der Waals surface area contributed by atoms with Crippen LogP contribution in [0.25, 0.3) is 0 Å². The van der Waals surface area contributed by atoms with E-state index in [1.54, 1.807) is 43.3 Å². The molecule has 0 saturated carbocycles. The fraction of sp³-hybridized carbons (Fsp3) is 0.263. The highest BCUT2D eigenvalue weighted by atomic mass is 32.2. The Morgan fingerprint density at radius 1 is 1.08 bits per heavy atom. The molecule has 2 aromatic carbocycles. The van der Waals surface area contributed by atoms with Crippen molar-refractivity contribution in [3.63, 3.8) is 0 Å². The van der Waals surface area contributed by atoms with E-state index >= 15 is 0 Å². The fourth-order valence-electron chi connectivity index (χ4n) is 2.56. The van der Waals surface area contributed by atoms with E-state index in [0.29, 0.717) is 18.5 Å². The highest BCUT2D eigenvalue weighted by Crippen LogP contribution is 2.20. The summed E-state index contributed by atoms with van der Waals surface area (Å²) < 4.78 is 24.8. The van der Waals surface area contributed by atoms with E-state index in [4.69, 9.17) is 5.11 Å². The van der Waals surface area contributed by atoms with Crippen LogP contribution in [-0.2, 0) is 21.1 Å². The summed E-state index contributed by atoms with van der Waals surface area (Å²) in [5.41, 5.74) is 1.36. The van der Waals surface area contributed by atoms with Crippen molar-refractivity contribution in [2.24, 2.45) is 0 Å². The molecule has 0 aliphatic rings. The molecule has 2 rings (SSSR count). The van der Waals surface area contributed by atoms with E-state index in [-0.39, 0.29) is 22.6 Å². The summed E-state index contributed by atoms with van der Waals surface area (Å²) in [5.74, 6) is -1.44. The number of carbonyl (C=O) groups is 2. The third-order valence-corrected chi connectivity index (χ3v) is 5.72. The van der Waals surface area contributed by atoms with Crippen molar-refractivity contribution in [2.45, 2.75) is 31.1 Å². The minimum atomic E-state index is -3.53. The number of rotatable bonds is 8. The zero-order valence-electron chi connectivity index (χ0n) is 14.4. The number of anilines is 1. The Morgan fingerprint density at radius 2 is 1.81 bits per heavy atom. The minimum absolute atomic E-state index is 0.00447. The van der Waals surface area contributed by atoms with Crippen molar-refractivity contribution in [1.29, 1.82) is 0 Å². The molecule has 6 nitrogen and oxygen atoms in total. The topological polar surface area (TPSA) is 101 Å². The molecule has 26 heavy (non-hydrogen) atoms. The first-order valence-electron chi connectivity index (χ1n) is 8.27. The molecule has 2 aromatic rings. The van der Waals surface area contributed by atoms with Crippen LogP contribution in [0.2, 0.25) is 0 Å². The van der Waals surface area contributed by atoms with Crippen molar-refractivity contribution in [3.8, 4) is 0 Å². The number of sulfone groups is 1. The summed E-state index contributed by atoms with van der Waals surface area (Å²) in [7, 11) is -3.53. The Balaban J connectivity index is 2.24. The molecule has 0 fully saturated rings. The van der Waals surface area contributed by atoms with Gasteiger partial charge in [0, 0.05) is 12.1 Å². The maximum absolute atomic E-state index is 12.6. The van der Waals surface area contributed by atoms with Gasteiger partial charge in [-0.15, -0.1) is 0 Å². The van der Waals surface area contributed by atoms with E-state index in [2.05, 4.69) is 5.32 Å². The van der Waals surface area contributed by atoms with Gasteiger partial charge in [-0.1, -0.05) is 31.2 Å². The van der Waals surface area contributed by atoms with Crippen LogP contribution in [0.4, 0.5) is 5.69 Å². The standard InChI is InChI=1S/C19H21NO5S/c1-2-12-26(24,25)17-9-4-3-8-16(17)19(23)20-15-7-5-6-14(13-15)10-11-18(21)22/h3-9,13H,2,10-12H2,1H3,(H,20,23)(H,21,22). The number of hydrogen-bond donors (Lipinski definition) is 2. The molecule has 0 spiro atoms. The van der Waals surface area contributed by atoms with Crippen molar-refractivity contribution in [1.82, 2.24) is 0 Å². The molecular weight excluding hydrogens is 354 g/mol. The number of carboxylic acids is 1. The van der Waals surface area contributed by atoms with Gasteiger partial charge in [0.25, 0.3) is 5.91 Å². The summed E-state index contributed by atoms with van der Waals surface area (Å²) in [6.45, 7) is 1.77. The number of nitrogens with one attached hydrogen (secondary N) is 1. The van der Waals surface area contributed by atoms with Gasteiger partial charge in [0.05, 0.1) is 16.2 Å². The first kappa shape index (κ1) is 19.7. The van der Waals surface area contributed by atoms with Gasteiger partial charge >= 0.3 is 5.97 Å². The second-order valence-corrected chi connectivity index (χ2v) is 7.94. The van der Waals surface area contributed by atoms with E-state index in [0.717, 1.165) is 5.56 Å². The van der Waals surface area contributed by atoms with Crippen LogP contribution in [0.1, 0.15) is 35.7 Å². The molecule has 0 atom stereocenters. The molecular formula is C19H21NO5S.